The van der Waals surface area contributed by atoms with Gasteiger partial charge in [-0.2, -0.15) is 0 Å². The smallest absolute Gasteiger partial charge is 0.264 e. The summed E-state index contributed by atoms with van der Waals surface area (Å²) in [6, 6.07) is 20.5. The molecule has 0 aliphatic carbocycles. The first-order chi connectivity index (χ1) is 14.4. The van der Waals surface area contributed by atoms with Crippen molar-refractivity contribution in [3.63, 3.8) is 0 Å². The van der Waals surface area contributed by atoms with E-state index < -0.39 is 0 Å². The van der Waals surface area contributed by atoms with E-state index in [1.54, 1.807) is 0 Å². The first kappa shape index (κ1) is 22.3. The zero-order chi connectivity index (χ0) is 21.5. The van der Waals surface area contributed by atoms with Gasteiger partial charge in [0.1, 0.15) is 17.2 Å². The summed E-state index contributed by atoms with van der Waals surface area (Å²) in [6.45, 7) is 1.74. The zero-order valence-corrected chi connectivity index (χ0v) is 19.9. The predicted molar refractivity (Wildman–Crippen MR) is 129 cm³/mol. The summed E-state index contributed by atoms with van der Waals surface area (Å²) in [6.07, 6.45) is 0. The summed E-state index contributed by atoms with van der Waals surface area (Å²) >= 11 is 12.1. The topological polar surface area (TPSA) is 59.6 Å². The van der Waals surface area contributed by atoms with Gasteiger partial charge in [0.2, 0.25) is 0 Å². The van der Waals surface area contributed by atoms with Gasteiger partial charge in [-0.05, 0) is 89.2 Å². The van der Waals surface area contributed by atoms with E-state index in [0.717, 1.165) is 25.9 Å². The SMILES string of the molecule is Cc1cc(Br)cc(Br)c1OCC(=O)NC(=S)Nc1ccc(Oc2ccccc2)cc1. The van der Waals surface area contributed by atoms with E-state index in [0.29, 0.717) is 11.5 Å². The van der Waals surface area contributed by atoms with Crippen LogP contribution in [-0.4, -0.2) is 17.6 Å². The molecule has 0 spiro atoms. The van der Waals surface area contributed by atoms with Crippen LogP contribution in [0.5, 0.6) is 17.2 Å². The fraction of sp³-hybridized carbons (Fsp3) is 0.0909. The molecule has 8 heteroatoms. The Morgan fingerprint density at radius 3 is 2.33 bits per heavy atom. The number of hydrogen-bond donors (Lipinski definition) is 2. The molecule has 0 radical (unpaired) electrons. The lowest BCUT2D eigenvalue weighted by molar-refractivity contribution is -0.121. The van der Waals surface area contributed by atoms with Crippen molar-refractivity contribution in [2.75, 3.05) is 11.9 Å². The number of carbonyl (C=O) groups is 1. The molecule has 154 valence electrons. The number of ether oxygens (including phenoxy) is 2. The molecule has 3 aromatic rings. The van der Waals surface area contributed by atoms with Crippen molar-refractivity contribution in [1.29, 1.82) is 0 Å². The Labute approximate surface area is 197 Å². The molecule has 3 aromatic carbocycles. The summed E-state index contributed by atoms with van der Waals surface area (Å²) in [5.74, 6) is 1.71. The first-order valence-corrected chi connectivity index (χ1v) is 10.9. The average Bonchev–Trinajstić information content (AvgIpc) is 2.69. The van der Waals surface area contributed by atoms with Crippen LogP contribution in [0.3, 0.4) is 0 Å². The average molecular weight is 550 g/mol. The molecule has 5 nitrogen and oxygen atoms in total. The van der Waals surface area contributed by atoms with Gasteiger partial charge in [-0.1, -0.05) is 34.1 Å². The van der Waals surface area contributed by atoms with Gasteiger partial charge in [-0.25, -0.2) is 0 Å². The third-order valence-corrected chi connectivity index (χ3v) is 5.14. The summed E-state index contributed by atoms with van der Waals surface area (Å²) < 4.78 is 13.1. The Morgan fingerprint density at radius 1 is 1.00 bits per heavy atom. The fourth-order valence-electron chi connectivity index (χ4n) is 2.57. The van der Waals surface area contributed by atoms with Gasteiger partial charge in [-0.3, -0.25) is 10.1 Å². The third-order valence-electron chi connectivity index (χ3n) is 3.89. The van der Waals surface area contributed by atoms with E-state index in [9.17, 15) is 4.79 Å². The number of nitrogens with one attached hydrogen (secondary N) is 2. The number of rotatable bonds is 6. The molecular weight excluding hydrogens is 532 g/mol. The molecule has 0 atom stereocenters. The number of halogens is 2. The number of carbonyl (C=O) groups excluding carboxylic acids is 1. The number of amides is 1. The van der Waals surface area contributed by atoms with Crippen molar-refractivity contribution in [3.8, 4) is 17.2 Å². The third kappa shape index (κ3) is 6.55. The number of aryl methyl sites for hydroxylation is 1. The molecule has 0 aliphatic rings. The first-order valence-electron chi connectivity index (χ1n) is 8.93. The lowest BCUT2D eigenvalue weighted by atomic mass is 10.2. The lowest BCUT2D eigenvalue weighted by Crippen LogP contribution is -2.37. The molecule has 0 aromatic heterocycles. The van der Waals surface area contributed by atoms with Crippen molar-refractivity contribution in [2.24, 2.45) is 0 Å². The maximum absolute atomic E-state index is 12.2. The highest BCUT2D eigenvalue weighted by Gasteiger charge is 2.11. The molecule has 3 rings (SSSR count). The van der Waals surface area contributed by atoms with E-state index in [-0.39, 0.29) is 17.6 Å². The van der Waals surface area contributed by atoms with E-state index in [1.165, 1.54) is 0 Å². The molecule has 0 fully saturated rings. The number of hydrogen-bond acceptors (Lipinski definition) is 4. The Morgan fingerprint density at radius 2 is 1.67 bits per heavy atom. The van der Waals surface area contributed by atoms with Crippen molar-refractivity contribution < 1.29 is 14.3 Å². The minimum Gasteiger partial charge on any atom is -0.482 e. The Bertz CT molecular complexity index is 1020. The summed E-state index contributed by atoms with van der Waals surface area (Å²) in [4.78, 5) is 12.2. The monoisotopic (exact) mass is 548 g/mol. The minimum absolute atomic E-state index is 0.160. The second-order valence-corrected chi connectivity index (χ2v) is 8.44. The van der Waals surface area contributed by atoms with E-state index >= 15 is 0 Å². The van der Waals surface area contributed by atoms with Gasteiger partial charge in [0.05, 0.1) is 4.47 Å². The number of anilines is 1. The molecule has 0 saturated carbocycles. The largest absolute Gasteiger partial charge is 0.482 e. The normalized spacial score (nSPS) is 10.2. The van der Waals surface area contributed by atoms with Gasteiger partial charge < -0.3 is 14.8 Å². The predicted octanol–water partition coefficient (Wildman–Crippen LogP) is 6.20. The van der Waals surface area contributed by atoms with Crippen LogP contribution in [0.2, 0.25) is 0 Å². The number of para-hydroxylation sites is 1. The van der Waals surface area contributed by atoms with Crippen LogP contribution in [0.15, 0.2) is 75.7 Å². The summed E-state index contributed by atoms with van der Waals surface area (Å²) in [5.41, 5.74) is 1.63. The second kappa shape index (κ2) is 10.6. The standard InChI is InChI=1S/C22H18Br2N2O3S/c1-14-11-15(23)12-19(24)21(14)28-13-20(27)26-22(30)25-16-7-9-18(10-8-16)29-17-5-3-2-4-6-17/h2-12H,13H2,1H3,(H2,25,26,27,30). The molecule has 1 amide bonds. The Hall–Kier alpha value is -2.42. The second-order valence-electron chi connectivity index (χ2n) is 6.26. The Kier molecular flexibility index (Phi) is 7.84. The van der Waals surface area contributed by atoms with Crippen molar-refractivity contribution in [2.45, 2.75) is 6.92 Å². The molecule has 0 heterocycles. The highest BCUT2D eigenvalue weighted by Crippen LogP contribution is 2.32. The van der Waals surface area contributed by atoms with Crippen LogP contribution in [0.4, 0.5) is 5.69 Å². The molecule has 0 bridgehead atoms. The molecule has 30 heavy (non-hydrogen) atoms. The molecule has 2 N–H and O–H groups in total. The van der Waals surface area contributed by atoms with Crippen LogP contribution in [0.1, 0.15) is 5.56 Å². The highest BCUT2D eigenvalue weighted by atomic mass is 79.9. The molecule has 0 aliphatic heterocycles. The van der Waals surface area contributed by atoms with E-state index in [1.807, 2.05) is 73.7 Å². The summed E-state index contributed by atoms with van der Waals surface area (Å²) in [7, 11) is 0. The van der Waals surface area contributed by atoms with Crippen molar-refractivity contribution in [1.82, 2.24) is 5.32 Å². The molecular formula is C22H18Br2N2O3S. The summed E-state index contributed by atoms with van der Waals surface area (Å²) in [5, 5.41) is 5.76. The van der Waals surface area contributed by atoms with E-state index in [2.05, 4.69) is 42.5 Å². The van der Waals surface area contributed by atoms with Crippen molar-refractivity contribution in [3.05, 3.63) is 81.2 Å². The van der Waals surface area contributed by atoms with Crippen LogP contribution in [-0.2, 0) is 4.79 Å². The van der Waals surface area contributed by atoms with Gasteiger partial charge in [0.25, 0.3) is 5.91 Å². The van der Waals surface area contributed by atoms with Crippen LogP contribution < -0.4 is 20.1 Å². The molecule has 0 saturated heterocycles. The quantitative estimate of drug-likeness (QED) is 0.358. The highest BCUT2D eigenvalue weighted by molar-refractivity contribution is 9.11. The van der Waals surface area contributed by atoms with Gasteiger partial charge >= 0.3 is 0 Å². The fourth-order valence-corrected chi connectivity index (χ4v) is 4.35. The zero-order valence-electron chi connectivity index (χ0n) is 15.9. The van der Waals surface area contributed by atoms with Crippen LogP contribution >= 0.6 is 44.1 Å². The van der Waals surface area contributed by atoms with Crippen LogP contribution in [0.25, 0.3) is 0 Å². The maximum Gasteiger partial charge on any atom is 0.264 e. The number of benzene rings is 3. The van der Waals surface area contributed by atoms with Crippen LogP contribution in [0, 0.1) is 6.92 Å². The van der Waals surface area contributed by atoms with Crippen molar-refractivity contribution >= 4 is 60.8 Å². The number of thiocarbonyl (C=S) groups is 1. The molecule has 0 unspecified atom stereocenters. The van der Waals surface area contributed by atoms with E-state index in [4.69, 9.17) is 21.7 Å². The minimum atomic E-state index is -0.356. The van der Waals surface area contributed by atoms with Gasteiger partial charge in [-0.15, -0.1) is 0 Å². The Balaban J connectivity index is 1.48. The maximum atomic E-state index is 12.2. The van der Waals surface area contributed by atoms with Gasteiger partial charge in [0.15, 0.2) is 11.7 Å². The lowest BCUT2D eigenvalue weighted by Gasteiger charge is -2.13. The van der Waals surface area contributed by atoms with Gasteiger partial charge in [0, 0.05) is 10.2 Å².